The van der Waals surface area contributed by atoms with E-state index < -0.39 is 0 Å². The van der Waals surface area contributed by atoms with E-state index in [1.807, 2.05) is 35.2 Å². The lowest BCUT2D eigenvalue weighted by Gasteiger charge is -2.38. The monoisotopic (exact) mass is 387 g/mol. The normalized spacial score (nSPS) is 16.7. The largest absolute Gasteiger partial charge is 0.322 e. The minimum Gasteiger partial charge on any atom is -0.322 e. The lowest BCUT2D eigenvalue weighted by atomic mass is 10.1. The Kier molecular flexibility index (Phi) is 5.53. The molecule has 1 aliphatic rings. The summed E-state index contributed by atoms with van der Waals surface area (Å²) in [4.78, 5) is 16.8. The number of para-hydroxylation sites is 1. The summed E-state index contributed by atoms with van der Waals surface area (Å²) in [5.41, 5.74) is 2.13. The molecule has 2 aromatic rings. The van der Waals surface area contributed by atoms with Gasteiger partial charge in [0, 0.05) is 36.7 Å². The highest BCUT2D eigenvalue weighted by Gasteiger charge is 2.24. The van der Waals surface area contributed by atoms with Crippen LogP contribution in [0.1, 0.15) is 18.5 Å². The molecule has 4 nitrogen and oxygen atoms in total. The van der Waals surface area contributed by atoms with Crippen LogP contribution in [0.4, 0.5) is 10.5 Å². The summed E-state index contributed by atoms with van der Waals surface area (Å²) in [7, 11) is 0. The number of piperazine rings is 1. The minimum absolute atomic E-state index is 0.0334. The first-order valence-electron chi connectivity index (χ1n) is 8.24. The zero-order valence-corrected chi connectivity index (χ0v) is 15.4. The number of hydrogen-bond acceptors (Lipinski definition) is 2. The number of nitrogens with one attached hydrogen (secondary N) is 1. The molecule has 0 saturated carbocycles. The van der Waals surface area contributed by atoms with Gasteiger partial charge in [-0.3, -0.25) is 4.90 Å². The van der Waals surface area contributed by atoms with Crippen molar-refractivity contribution in [2.75, 3.05) is 31.5 Å². The predicted molar refractivity (Wildman–Crippen MR) is 101 cm³/mol. The van der Waals surface area contributed by atoms with Gasteiger partial charge in [0.1, 0.15) is 0 Å². The second kappa shape index (κ2) is 7.81. The predicted octanol–water partition coefficient (Wildman–Crippen LogP) is 4.36. The van der Waals surface area contributed by atoms with Gasteiger partial charge in [0.05, 0.1) is 5.69 Å². The van der Waals surface area contributed by atoms with Gasteiger partial charge in [0.15, 0.2) is 0 Å². The summed E-state index contributed by atoms with van der Waals surface area (Å²) in [5, 5.41) is 2.98. The molecule has 0 aromatic heterocycles. The Balaban J connectivity index is 1.55. The van der Waals surface area contributed by atoms with Crippen molar-refractivity contribution in [3.63, 3.8) is 0 Å². The van der Waals surface area contributed by atoms with Gasteiger partial charge in [-0.15, -0.1) is 0 Å². The van der Waals surface area contributed by atoms with E-state index in [4.69, 9.17) is 0 Å². The number of urea groups is 1. The molecule has 0 radical (unpaired) electrons. The van der Waals surface area contributed by atoms with Gasteiger partial charge in [-0.05, 0) is 40.5 Å². The highest BCUT2D eigenvalue weighted by Crippen LogP contribution is 2.23. The molecule has 1 heterocycles. The Bertz CT molecular complexity index is 684. The van der Waals surface area contributed by atoms with Crippen molar-refractivity contribution in [2.45, 2.75) is 13.0 Å². The van der Waals surface area contributed by atoms with Crippen molar-refractivity contribution in [3.8, 4) is 0 Å². The number of carbonyl (C=O) groups is 1. The number of halogens is 1. The SMILES string of the molecule is CC(c1ccccc1)N1CCN(C(=O)Nc2ccccc2Br)CC1. The first kappa shape index (κ1) is 17.0. The Labute approximate surface area is 151 Å². The zero-order chi connectivity index (χ0) is 16.9. The van der Waals surface area contributed by atoms with E-state index in [0.29, 0.717) is 6.04 Å². The molecule has 1 unspecified atom stereocenters. The zero-order valence-electron chi connectivity index (χ0n) is 13.8. The second-order valence-electron chi connectivity index (χ2n) is 6.02. The van der Waals surface area contributed by atoms with Crippen LogP contribution in [0.15, 0.2) is 59.1 Å². The quantitative estimate of drug-likeness (QED) is 0.848. The van der Waals surface area contributed by atoms with Crippen LogP contribution in [-0.4, -0.2) is 42.0 Å². The van der Waals surface area contributed by atoms with Crippen LogP contribution < -0.4 is 5.32 Å². The van der Waals surface area contributed by atoms with Gasteiger partial charge < -0.3 is 10.2 Å². The second-order valence-corrected chi connectivity index (χ2v) is 6.87. The van der Waals surface area contributed by atoms with E-state index in [9.17, 15) is 4.79 Å². The summed E-state index contributed by atoms with van der Waals surface area (Å²) in [5.74, 6) is 0. The van der Waals surface area contributed by atoms with Crippen LogP contribution >= 0.6 is 15.9 Å². The van der Waals surface area contributed by atoms with E-state index in [-0.39, 0.29) is 6.03 Å². The summed E-state index contributed by atoms with van der Waals surface area (Å²) in [6.07, 6.45) is 0. The topological polar surface area (TPSA) is 35.6 Å². The minimum atomic E-state index is -0.0334. The van der Waals surface area contributed by atoms with Crippen LogP contribution in [0.5, 0.6) is 0 Å². The number of nitrogens with zero attached hydrogens (tertiary/aromatic N) is 2. The smallest absolute Gasteiger partial charge is 0.321 e. The Morgan fingerprint density at radius 3 is 2.29 bits per heavy atom. The molecule has 5 heteroatoms. The lowest BCUT2D eigenvalue weighted by Crippen LogP contribution is -2.50. The highest BCUT2D eigenvalue weighted by molar-refractivity contribution is 9.10. The van der Waals surface area contributed by atoms with E-state index in [1.165, 1.54) is 5.56 Å². The van der Waals surface area contributed by atoms with Crippen molar-refractivity contribution in [1.29, 1.82) is 0 Å². The van der Waals surface area contributed by atoms with Gasteiger partial charge in [0.2, 0.25) is 0 Å². The van der Waals surface area contributed by atoms with Crippen molar-refractivity contribution in [1.82, 2.24) is 9.80 Å². The molecule has 0 aliphatic carbocycles. The maximum absolute atomic E-state index is 12.4. The lowest BCUT2D eigenvalue weighted by molar-refractivity contribution is 0.119. The van der Waals surface area contributed by atoms with Crippen molar-refractivity contribution in [2.24, 2.45) is 0 Å². The van der Waals surface area contributed by atoms with Gasteiger partial charge in [-0.25, -0.2) is 4.79 Å². The van der Waals surface area contributed by atoms with Crippen LogP contribution in [0.3, 0.4) is 0 Å². The fourth-order valence-electron chi connectivity index (χ4n) is 3.01. The van der Waals surface area contributed by atoms with Crippen LogP contribution in [0, 0.1) is 0 Å². The average Bonchev–Trinajstić information content (AvgIpc) is 2.64. The number of hydrogen-bond donors (Lipinski definition) is 1. The Morgan fingerprint density at radius 2 is 1.62 bits per heavy atom. The molecule has 24 heavy (non-hydrogen) atoms. The molecule has 1 atom stereocenters. The molecule has 0 spiro atoms. The molecular weight excluding hydrogens is 366 g/mol. The summed E-state index contributed by atoms with van der Waals surface area (Å²) in [6, 6.07) is 18.5. The van der Waals surface area contributed by atoms with Gasteiger partial charge in [-0.1, -0.05) is 42.5 Å². The standard InChI is InChI=1S/C19H22BrN3O/c1-15(16-7-3-2-4-8-16)22-11-13-23(14-12-22)19(24)21-18-10-6-5-9-17(18)20/h2-10,15H,11-14H2,1H3,(H,21,24). The van der Waals surface area contributed by atoms with Crippen molar-refractivity contribution in [3.05, 3.63) is 64.6 Å². The van der Waals surface area contributed by atoms with Gasteiger partial charge in [-0.2, -0.15) is 0 Å². The first-order chi connectivity index (χ1) is 11.6. The molecule has 1 aliphatic heterocycles. The third-order valence-electron chi connectivity index (χ3n) is 4.55. The average molecular weight is 388 g/mol. The number of carbonyl (C=O) groups excluding carboxylic acids is 1. The Morgan fingerprint density at radius 1 is 1.00 bits per heavy atom. The molecule has 1 fully saturated rings. The van der Waals surface area contributed by atoms with E-state index >= 15 is 0 Å². The molecule has 0 bridgehead atoms. The summed E-state index contributed by atoms with van der Waals surface area (Å²) in [6.45, 7) is 5.49. The summed E-state index contributed by atoms with van der Waals surface area (Å²) >= 11 is 3.46. The van der Waals surface area contributed by atoms with Crippen LogP contribution in [-0.2, 0) is 0 Å². The molecule has 1 N–H and O–H groups in total. The molecule has 2 amide bonds. The summed E-state index contributed by atoms with van der Waals surface area (Å²) < 4.78 is 0.898. The fourth-order valence-corrected chi connectivity index (χ4v) is 3.40. The Hall–Kier alpha value is -1.85. The van der Waals surface area contributed by atoms with Gasteiger partial charge in [0.25, 0.3) is 0 Å². The fraction of sp³-hybridized carbons (Fsp3) is 0.316. The van der Waals surface area contributed by atoms with E-state index in [1.54, 1.807) is 0 Å². The third-order valence-corrected chi connectivity index (χ3v) is 5.24. The van der Waals surface area contributed by atoms with Crippen LogP contribution in [0.25, 0.3) is 0 Å². The number of rotatable bonds is 3. The molecule has 126 valence electrons. The maximum atomic E-state index is 12.4. The molecule has 2 aromatic carbocycles. The van der Waals surface area contributed by atoms with Gasteiger partial charge >= 0.3 is 6.03 Å². The first-order valence-corrected chi connectivity index (χ1v) is 9.04. The maximum Gasteiger partial charge on any atom is 0.321 e. The van der Waals surface area contributed by atoms with E-state index in [2.05, 4.69) is 57.3 Å². The van der Waals surface area contributed by atoms with E-state index in [0.717, 1.165) is 36.3 Å². The molecule has 3 rings (SSSR count). The molecular formula is C19H22BrN3O. The van der Waals surface area contributed by atoms with Crippen molar-refractivity contribution >= 4 is 27.6 Å². The number of anilines is 1. The third kappa shape index (κ3) is 3.97. The van der Waals surface area contributed by atoms with Crippen LogP contribution in [0.2, 0.25) is 0 Å². The van der Waals surface area contributed by atoms with Crippen molar-refractivity contribution < 1.29 is 4.79 Å². The highest BCUT2D eigenvalue weighted by atomic mass is 79.9. The number of benzene rings is 2. The molecule has 1 saturated heterocycles. The number of amides is 2.